The fourth-order valence-electron chi connectivity index (χ4n) is 4.06. The van der Waals surface area contributed by atoms with Gasteiger partial charge >= 0.3 is 5.97 Å². The Morgan fingerprint density at radius 3 is 2.70 bits per heavy atom. The van der Waals surface area contributed by atoms with Gasteiger partial charge in [0.2, 0.25) is 0 Å². The molecule has 2 aliphatic heterocycles. The van der Waals surface area contributed by atoms with Gasteiger partial charge in [0.1, 0.15) is 5.82 Å². The first-order valence-corrected chi connectivity index (χ1v) is 10.4. The summed E-state index contributed by atoms with van der Waals surface area (Å²) in [6, 6.07) is 6.09. The predicted octanol–water partition coefficient (Wildman–Crippen LogP) is 4.08. The lowest BCUT2D eigenvalue weighted by Gasteiger charge is -2.35. The number of ketones is 1. The van der Waals surface area contributed by atoms with E-state index < -0.39 is 6.04 Å². The van der Waals surface area contributed by atoms with Crippen LogP contribution in [0.2, 0.25) is 0 Å². The Balaban J connectivity index is 1.59. The molecule has 1 fully saturated rings. The van der Waals surface area contributed by atoms with E-state index in [-0.39, 0.29) is 34.8 Å². The van der Waals surface area contributed by atoms with Crippen molar-refractivity contribution >= 4 is 23.5 Å². The molecule has 4 rings (SSSR count). The number of thioether (sulfide) groups is 1. The third kappa shape index (κ3) is 3.69. The second kappa shape index (κ2) is 7.40. The fourth-order valence-corrected chi connectivity index (χ4v) is 5.50. The van der Waals surface area contributed by atoms with Crippen molar-refractivity contribution in [1.29, 1.82) is 0 Å². The topological polar surface area (TPSA) is 46.6 Å². The SMILES string of the molecule is CC(=O)OC1SC2=C(CN(C(C(=O)C3CC3)c3ccccc3F)CC2)C1C. The van der Waals surface area contributed by atoms with Crippen LogP contribution < -0.4 is 0 Å². The maximum Gasteiger partial charge on any atom is 0.303 e. The predicted molar refractivity (Wildman–Crippen MR) is 102 cm³/mol. The van der Waals surface area contributed by atoms with Crippen molar-refractivity contribution < 1.29 is 18.7 Å². The fraction of sp³-hybridized carbons (Fsp3) is 0.524. The number of hydrogen-bond donors (Lipinski definition) is 0. The molecule has 27 heavy (non-hydrogen) atoms. The van der Waals surface area contributed by atoms with E-state index >= 15 is 0 Å². The molecular formula is C21H24FNO3S. The Morgan fingerprint density at radius 1 is 1.30 bits per heavy atom. The third-order valence-corrected chi connectivity index (χ3v) is 7.16. The minimum atomic E-state index is -0.530. The summed E-state index contributed by atoms with van der Waals surface area (Å²) in [7, 11) is 0. The number of rotatable bonds is 5. The summed E-state index contributed by atoms with van der Waals surface area (Å²) < 4.78 is 20.0. The highest BCUT2D eigenvalue weighted by molar-refractivity contribution is 8.03. The molecule has 4 nitrogen and oxygen atoms in total. The Labute approximate surface area is 163 Å². The van der Waals surface area contributed by atoms with E-state index in [1.165, 1.54) is 23.5 Å². The van der Waals surface area contributed by atoms with Crippen molar-refractivity contribution in [2.75, 3.05) is 13.1 Å². The second-order valence-corrected chi connectivity index (χ2v) is 8.85. The van der Waals surface area contributed by atoms with Crippen molar-refractivity contribution in [1.82, 2.24) is 4.90 Å². The van der Waals surface area contributed by atoms with Gasteiger partial charge in [-0.3, -0.25) is 14.5 Å². The van der Waals surface area contributed by atoms with Gasteiger partial charge in [0, 0.05) is 37.4 Å². The zero-order valence-corrected chi connectivity index (χ0v) is 16.4. The normalized spacial score (nSPS) is 26.6. The van der Waals surface area contributed by atoms with Gasteiger partial charge in [-0.25, -0.2) is 4.39 Å². The van der Waals surface area contributed by atoms with E-state index in [4.69, 9.17) is 4.74 Å². The molecule has 1 saturated carbocycles. The highest BCUT2D eigenvalue weighted by Crippen LogP contribution is 2.48. The number of halogens is 1. The van der Waals surface area contributed by atoms with Gasteiger partial charge in [0.15, 0.2) is 11.2 Å². The Hall–Kier alpha value is -1.66. The molecule has 144 valence electrons. The largest absolute Gasteiger partial charge is 0.450 e. The molecule has 0 spiro atoms. The van der Waals surface area contributed by atoms with Crippen molar-refractivity contribution in [3.8, 4) is 0 Å². The summed E-state index contributed by atoms with van der Waals surface area (Å²) in [5.74, 6) is -0.283. The van der Waals surface area contributed by atoms with Gasteiger partial charge in [0.05, 0.1) is 6.04 Å². The average molecular weight is 389 g/mol. The van der Waals surface area contributed by atoms with Gasteiger partial charge in [0.25, 0.3) is 0 Å². The summed E-state index contributed by atoms with van der Waals surface area (Å²) >= 11 is 1.62. The van der Waals surface area contributed by atoms with Gasteiger partial charge in [-0.2, -0.15) is 0 Å². The van der Waals surface area contributed by atoms with E-state index in [0.717, 1.165) is 19.3 Å². The van der Waals surface area contributed by atoms with E-state index in [1.54, 1.807) is 30.0 Å². The highest BCUT2D eigenvalue weighted by Gasteiger charge is 2.43. The number of carbonyl (C=O) groups excluding carboxylic acids is 2. The summed E-state index contributed by atoms with van der Waals surface area (Å²) in [4.78, 5) is 27.8. The zero-order valence-electron chi connectivity index (χ0n) is 15.6. The van der Waals surface area contributed by atoms with Crippen LogP contribution in [0.3, 0.4) is 0 Å². The Bertz CT molecular complexity index is 804. The number of hydrogen-bond acceptors (Lipinski definition) is 5. The molecule has 1 aromatic carbocycles. The maximum atomic E-state index is 14.5. The number of Topliss-reactive ketones (excluding diaryl/α,β-unsaturated/α-hetero) is 1. The van der Waals surface area contributed by atoms with E-state index in [1.807, 2.05) is 0 Å². The number of esters is 1. The number of nitrogens with zero attached hydrogens (tertiary/aromatic N) is 1. The van der Waals surface area contributed by atoms with Crippen LogP contribution in [0.1, 0.15) is 44.7 Å². The minimum Gasteiger partial charge on any atom is -0.450 e. The van der Waals surface area contributed by atoms with E-state index in [2.05, 4.69) is 11.8 Å². The zero-order chi connectivity index (χ0) is 19.1. The van der Waals surface area contributed by atoms with Crippen molar-refractivity contribution in [2.24, 2.45) is 11.8 Å². The summed E-state index contributed by atoms with van der Waals surface area (Å²) in [5, 5.41) is 0. The first kappa shape index (κ1) is 18.7. The highest BCUT2D eigenvalue weighted by atomic mass is 32.2. The van der Waals surface area contributed by atoms with Crippen molar-refractivity contribution in [2.45, 2.75) is 44.6 Å². The van der Waals surface area contributed by atoms with Crippen LogP contribution in [0.15, 0.2) is 34.7 Å². The molecule has 0 amide bonds. The monoisotopic (exact) mass is 389 g/mol. The van der Waals surface area contributed by atoms with Gasteiger partial charge < -0.3 is 4.74 Å². The lowest BCUT2D eigenvalue weighted by atomic mass is 9.92. The van der Waals surface area contributed by atoms with Crippen LogP contribution in [0.5, 0.6) is 0 Å². The first-order valence-electron chi connectivity index (χ1n) is 9.53. The van der Waals surface area contributed by atoms with E-state index in [0.29, 0.717) is 18.7 Å². The smallest absolute Gasteiger partial charge is 0.303 e. The Morgan fingerprint density at radius 2 is 2.04 bits per heavy atom. The molecule has 0 saturated heterocycles. The maximum absolute atomic E-state index is 14.5. The van der Waals surface area contributed by atoms with Crippen LogP contribution in [-0.4, -0.2) is 35.2 Å². The van der Waals surface area contributed by atoms with Crippen LogP contribution in [-0.2, 0) is 14.3 Å². The van der Waals surface area contributed by atoms with Crippen molar-refractivity contribution in [3.63, 3.8) is 0 Å². The molecule has 0 radical (unpaired) electrons. The van der Waals surface area contributed by atoms with Crippen LogP contribution in [0.4, 0.5) is 4.39 Å². The molecule has 3 atom stereocenters. The van der Waals surface area contributed by atoms with E-state index in [9.17, 15) is 14.0 Å². The molecule has 3 unspecified atom stereocenters. The number of ether oxygens (including phenoxy) is 1. The van der Waals surface area contributed by atoms with Gasteiger partial charge in [-0.05, 0) is 35.8 Å². The van der Waals surface area contributed by atoms with Gasteiger partial charge in [-0.1, -0.05) is 36.9 Å². The lowest BCUT2D eigenvalue weighted by molar-refractivity contribution is -0.143. The summed E-state index contributed by atoms with van der Waals surface area (Å²) in [6.07, 6.45) is 2.63. The van der Waals surface area contributed by atoms with Gasteiger partial charge in [-0.15, -0.1) is 0 Å². The molecular weight excluding hydrogens is 365 g/mol. The first-order chi connectivity index (χ1) is 13.0. The molecule has 1 aliphatic carbocycles. The van der Waals surface area contributed by atoms with Crippen molar-refractivity contribution in [3.05, 3.63) is 46.1 Å². The molecule has 1 aromatic rings. The van der Waals surface area contributed by atoms with Crippen LogP contribution in [0.25, 0.3) is 0 Å². The quantitative estimate of drug-likeness (QED) is 0.710. The molecule has 0 bridgehead atoms. The molecule has 2 heterocycles. The molecule has 0 N–H and O–H groups in total. The third-order valence-electron chi connectivity index (χ3n) is 5.67. The Kier molecular flexibility index (Phi) is 5.12. The lowest BCUT2D eigenvalue weighted by Crippen LogP contribution is -2.40. The minimum absolute atomic E-state index is 0.0640. The average Bonchev–Trinajstić information content (AvgIpc) is 3.44. The standard InChI is InChI=1S/C21H24FNO3S/c1-12-16-11-23(10-9-18(16)27-21(12)26-13(2)24)19(20(25)14-7-8-14)15-5-3-4-6-17(15)22/h3-6,12,14,19,21H,7-11H2,1-2H3. The second-order valence-electron chi connectivity index (χ2n) is 7.65. The molecule has 6 heteroatoms. The number of carbonyl (C=O) groups is 2. The summed E-state index contributed by atoms with van der Waals surface area (Å²) in [6.45, 7) is 4.83. The molecule has 3 aliphatic rings. The van der Waals surface area contributed by atoms with Crippen LogP contribution in [0, 0.1) is 17.7 Å². The molecule has 0 aromatic heterocycles. The van der Waals surface area contributed by atoms with Crippen LogP contribution >= 0.6 is 11.8 Å². The summed E-state index contributed by atoms with van der Waals surface area (Å²) in [5.41, 5.74) is 1.51. The number of benzene rings is 1.